The molecule has 6 heteroatoms. The molecule has 0 saturated heterocycles. The van der Waals surface area contributed by atoms with Crippen molar-refractivity contribution in [2.45, 2.75) is 84.2 Å². The quantitative estimate of drug-likeness (QED) is 0.304. The molecule has 0 spiro atoms. The summed E-state index contributed by atoms with van der Waals surface area (Å²) in [4.78, 5) is 2.44. The molecule has 5 nitrogen and oxygen atoms in total. The Morgan fingerprint density at radius 2 is 1.65 bits per heavy atom. The molecule has 0 aromatic heterocycles. The van der Waals surface area contributed by atoms with E-state index in [0.717, 1.165) is 68.1 Å². The van der Waals surface area contributed by atoms with E-state index in [1.807, 2.05) is 12.1 Å². The average Bonchev–Trinajstić information content (AvgIpc) is 2.82. The van der Waals surface area contributed by atoms with Crippen LogP contribution in [-0.4, -0.2) is 34.9 Å². The van der Waals surface area contributed by atoms with E-state index < -0.39 is 0 Å². The first-order valence-corrected chi connectivity index (χ1v) is 13.7. The number of phenolic OH excluding ortho intramolecular Hbond substituents is 2. The maximum Gasteiger partial charge on any atom is 0.165 e. The Kier molecular flexibility index (Phi) is 8.65. The van der Waals surface area contributed by atoms with Crippen LogP contribution in [0.15, 0.2) is 22.7 Å². The van der Waals surface area contributed by atoms with Gasteiger partial charge in [0.25, 0.3) is 0 Å². The molecule has 0 aliphatic carbocycles. The standard InChI is InChI=1S/C28H38BrNO4/c1-3-5-7-9-12-33-27-14-19-10-11-30-18-22-21(15-24(30)20(19)16-25(27)31)23(29)17-26(32)28(22)34-13-8-6-4-2/h14,16-17,24,31-32H,3-13,15,18H2,1-2H3/t24-/m0/s1. The molecule has 2 aliphatic rings. The van der Waals surface area contributed by atoms with E-state index in [0.29, 0.717) is 24.7 Å². The van der Waals surface area contributed by atoms with Crippen molar-refractivity contribution >= 4 is 15.9 Å². The number of hydrogen-bond donors (Lipinski definition) is 2. The summed E-state index contributed by atoms with van der Waals surface area (Å²) in [5.41, 5.74) is 4.71. The van der Waals surface area contributed by atoms with Crippen LogP contribution < -0.4 is 9.47 Å². The Labute approximate surface area is 212 Å². The smallest absolute Gasteiger partial charge is 0.165 e. The fourth-order valence-corrected chi connectivity index (χ4v) is 5.82. The third-order valence-corrected chi connectivity index (χ3v) is 7.83. The first-order chi connectivity index (χ1) is 16.5. The lowest BCUT2D eigenvalue weighted by atomic mass is 9.83. The maximum atomic E-state index is 10.7. The Morgan fingerprint density at radius 3 is 2.44 bits per heavy atom. The van der Waals surface area contributed by atoms with Crippen molar-refractivity contribution in [3.05, 3.63) is 44.9 Å². The van der Waals surface area contributed by atoms with Crippen molar-refractivity contribution < 1.29 is 19.7 Å². The molecule has 0 fully saturated rings. The Morgan fingerprint density at radius 1 is 0.912 bits per heavy atom. The summed E-state index contributed by atoms with van der Waals surface area (Å²) >= 11 is 3.69. The third-order valence-electron chi connectivity index (χ3n) is 7.12. The number of aromatic hydroxyl groups is 2. The van der Waals surface area contributed by atoms with Gasteiger partial charge in [-0.25, -0.2) is 0 Å². The van der Waals surface area contributed by atoms with Crippen LogP contribution in [-0.2, 0) is 19.4 Å². The van der Waals surface area contributed by atoms with Gasteiger partial charge in [-0.05, 0) is 60.6 Å². The molecule has 2 heterocycles. The first kappa shape index (κ1) is 25.2. The van der Waals surface area contributed by atoms with Gasteiger partial charge in [0.1, 0.15) is 0 Å². The van der Waals surface area contributed by atoms with Gasteiger partial charge >= 0.3 is 0 Å². The van der Waals surface area contributed by atoms with Gasteiger partial charge in [0.15, 0.2) is 23.0 Å². The van der Waals surface area contributed by atoms with Crippen molar-refractivity contribution in [3.8, 4) is 23.0 Å². The van der Waals surface area contributed by atoms with Crippen LogP contribution in [0.4, 0.5) is 0 Å². The molecule has 0 amide bonds. The lowest BCUT2D eigenvalue weighted by Gasteiger charge is -2.42. The van der Waals surface area contributed by atoms with Crippen molar-refractivity contribution in [1.82, 2.24) is 4.90 Å². The largest absolute Gasteiger partial charge is 0.504 e. The molecule has 2 aliphatic heterocycles. The van der Waals surface area contributed by atoms with E-state index in [2.05, 4.69) is 34.7 Å². The van der Waals surface area contributed by atoms with Crippen molar-refractivity contribution in [3.63, 3.8) is 0 Å². The van der Waals surface area contributed by atoms with Crippen LogP contribution in [0.3, 0.4) is 0 Å². The van der Waals surface area contributed by atoms with E-state index in [9.17, 15) is 10.2 Å². The molecule has 0 unspecified atom stereocenters. The minimum absolute atomic E-state index is 0.189. The highest BCUT2D eigenvalue weighted by Crippen LogP contribution is 2.47. The predicted octanol–water partition coefficient (Wildman–Crippen LogP) is 7.04. The SMILES string of the molecule is CCCCCCOc1cc2c(cc1O)[C@@H]1Cc3c(Br)cc(O)c(OCCCCC)c3CN1CC2. The number of phenols is 2. The molecule has 2 aromatic rings. The van der Waals surface area contributed by atoms with Gasteiger partial charge in [-0.15, -0.1) is 0 Å². The summed E-state index contributed by atoms with van der Waals surface area (Å²) in [5, 5.41) is 21.3. The number of nitrogens with zero attached hydrogens (tertiary/aromatic N) is 1. The van der Waals surface area contributed by atoms with Crippen molar-refractivity contribution in [1.29, 1.82) is 0 Å². The molecule has 0 bridgehead atoms. The van der Waals surface area contributed by atoms with Gasteiger partial charge in [0.2, 0.25) is 0 Å². The van der Waals surface area contributed by atoms with Crippen molar-refractivity contribution in [2.24, 2.45) is 0 Å². The van der Waals surface area contributed by atoms with E-state index in [4.69, 9.17) is 9.47 Å². The minimum Gasteiger partial charge on any atom is -0.504 e. The highest BCUT2D eigenvalue weighted by molar-refractivity contribution is 9.10. The second-order valence-electron chi connectivity index (χ2n) is 9.59. The van der Waals surface area contributed by atoms with Gasteiger partial charge in [-0.2, -0.15) is 0 Å². The number of rotatable bonds is 11. The van der Waals surface area contributed by atoms with Gasteiger partial charge in [-0.1, -0.05) is 61.9 Å². The summed E-state index contributed by atoms with van der Waals surface area (Å²) in [6.07, 6.45) is 9.58. The monoisotopic (exact) mass is 531 g/mol. The summed E-state index contributed by atoms with van der Waals surface area (Å²) in [6, 6.07) is 5.91. The summed E-state index contributed by atoms with van der Waals surface area (Å²) in [7, 11) is 0. The molecule has 34 heavy (non-hydrogen) atoms. The summed E-state index contributed by atoms with van der Waals surface area (Å²) in [5.74, 6) is 1.67. The van der Waals surface area contributed by atoms with E-state index in [1.54, 1.807) is 6.07 Å². The van der Waals surface area contributed by atoms with Crippen molar-refractivity contribution in [2.75, 3.05) is 19.8 Å². The van der Waals surface area contributed by atoms with E-state index in [-0.39, 0.29) is 17.5 Å². The highest BCUT2D eigenvalue weighted by Gasteiger charge is 2.36. The molecule has 2 N–H and O–H groups in total. The van der Waals surface area contributed by atoms with Crippen LogP contribution >= 0.6 is 15.9 Å². The molecule has 0 saturated carbocycles. The number of hydrogen-bond acceptors (Lipinski definition) is 5. The zero-order valence-corrected chi connectivity index (χ0v) is 22.1. The lowest BCUT2D eigenvalue weighted by Crippen LogP contribution is -2.39. The normalized spacial score (nSPS) is 17.1. The van der Waals surface area contributed by atoms with Gasteiger partial charge < -0.3 is 19.7 Å². The lowest BCUT2D eigenvalue weighted by molar-refractivity contribution is 0.155. The molecule has 186 valence electrons. The van der Waals surface area contributed by atoms with Crippen LogP contribution in [0.5, 0.6) is 23.0 Å². The van der Waals surface area contributed by atoms with Crippen LogP contribution in [0.25, 0.3) is 0 Å². The third kappa shape index (κ3) is 5.49. The van der Waals surface area contributed by atoms with Crippen LogP contribution in [0, 0.1) is 0 Å². The maximum absolute atomic E-state index is 10.7. The fraction of sp³-hybridized carbons (Fsp3) is 0.571. The summed E-state index contributed by atoms with van der Waals surface area (Å²) in [6.45, 7) is 7.30. The van der Waals surface area contributed by atoms with Gasteiger partial charge in [0.05, 0.1) is 13.2 Å². The number of ether oxygens (including phenoxy) is 2. The number of fused-ring (bicyclic) bond motifs is 4. The van der Waals surface area contributed by atoms with Gasteiger partial charge in [0, 0.05) is 29.2 Å². The molecule has 1 atom stereocenters. The molecule has 2 aromatic carbocycles. The number of benzene rings is 2. The zero-order chi connectivity index (χ0) is 24.1. The Bertz CT molecular complexity index is 993. The zero-order valence-electron chi connectivity index (χ0n) is 20.5. The van der Waals surface area contributed by atoms with Crippen LogP contribution in [0.1, 0.15) is 87.1 Å². The Balaban J connectivity index is 1.54. The van der Waals surface area contributed by atoms with Gasteiger partial charge in [-0.3, -0.25) is 4.90 Å². The molecule has 4 rings (SSSR count). The summed E-state index contributed by atoms with van der Waals surface area (Å²) < 4.78 is 12.9. The number of unbranched alkanes of at least 4 members (excludes halogenated alkanes) is 5. The second kappa shape index (κ2) is 11.7. The second-order valence-corrected chi connectivity index (χ2v) is 10.4. The topological polar surface area (TPSA) is 62.2 Å². The predicted molar refractivity (Wildman–Crippen MR) is 139 cm³/mol. The van der Waals surface area contributed by atoms with Crippen LogP contribution in [0.2, 0.25) is 0 Å². The Hall–Kier alpha value is -1.92. The minimum atomic E-state index is 0.189. The number of halogens is 1. The molecular weight excluding hydrogens is 494 g/mol. The average molecular weight is 533 g/mol. The molecule has 0 radical (unpaired) electrons. The molecular formula is C28H38BrNO4. The fourth-order valence-electron chi connectivity index (χ4n) is 5.21. The first-order valence-electron chi connectivity index (χ1n) is 12.9. The highest BCUT2D eigenvalue weighted by atomic mass is 79.9. The van der Waals surface area contributed by atoms with E-state index >= 15 is 0 Å². The van der Waals surface area contributed by atoms with E-state index in [1.165, 1.54) is 29.5 Å².